The standard InChI is InChI=1S/C23H26BrN3O4S/c1-15-11-16(5-8-22(15)27-9-3-2-4-10-32(27,30)31)23(29)26-21(14-28)20-13-17-12-18(24)6-7-19(17)25-20/h5-8,11-13,21,25,28H,2-4,9-10,14H2,1H3,(H,26,29). The summed E-state index contributed by atoms with van der Waals surface area (Å²) in [6, 6.07) is 12.1. The number of anilines is 1. The predicted molar refractivity (Wildman–Crippen MR) is 129 cm³/mol. The number of halogens is 1. The number of fused-ring (bicyclic) bond motifs is 1. The van der Waals surface area contributed by atoms with E-state index in [0.29, 0.717) is 29.9 Å². The van der Waals surface area contributed by atoms with Crippen molar-refractivity contribution in [1.82, 2.24) is 10.3 Å². The van der Waals surface area contributed by atoms with Crippen LogP contribution in [0.4, 0.5) is 5.69 Å². The minimum Gasteiger partial charge on any atom is -0.394 e. The van der Waals surface area contributed by atoms with Crippen molar-refractivity contribution in [2.24, 2.45) is 0 Å². The highest BCUT2D eigenvalue weighted by molar-refractivity contribution is 9.10. The van der Waals surface area contributed by atoms with Crippen molar-refractivity contribution in [1.29, 1.82) is 0 Å². The fourth-order valence-corrected chi connectivity index (χ4v) is 6.17. The predicted octanol–water partition coefficient (Wildman–Crippen LogP) is 4.02. The molecule has 1 atom stereocenters. The second-order valence-corrected chi connectivity index (χ2v) is 11.0. The van der Waals surface area contributed by atoms with E-state index in [1.807, 2.05) is 31.2 Å². The number of nitrogens with one attached hydrogen (secondary N) is 2. The van der Waals surface area contributed by atoms with Gasteiger partial charge < -0.3 is 15.4 Å². The van der Waals surface area contributed by atoms with Gasteiger partial charge in [-0.25, -0.2) is 8.42 Å². The molecule has 2 heterocycles. The molecule has 1 unspecified atom stereocenters. The highest BCUT2D eigenvalue weighted by atomic mass is 79.9. The first-order valence-corrected chi connectivity index (χ1v) is 13.0. The van der Waals surface area contributed by atoms with Crippen LogP contribution in [0.25, 0.3) is 10.9 Å². The van der Waals surface area contributed by atoms with Crippen molar-refractivity contribution in [3.8, 4) is 0 Å². The lowest BCUT2D eigenvalue weighted by molar-refractivity contribution is 0.0915. The van der Waals surface area contributed by atoms with E-state index in [2.05, 4.69) is 26.2 Å². The summed E-state index contributed by atoms with van der Waals surface area (Å²) in [4.78, 5) is 16.1. The number of carbonyl (C=O) groups excluding carboxylic acids is 1. The fraction of sp³-hybridized carbons (Fsp3) is 0.348. The van der Waals surface area contributed by atoms with E-state index in [0.717, 1.165) is 33.8 Å². The first-order valence-electron chi connectivity index (χ1n) is 10.6. The van der Waals surface area contributed by atoms with Crippen LogP contribution in [0.1, 0.15) is 46.9 Å². The summed E-state index contributed by atoms with van der Waals surface area (Å²) in [5.74, 6) is -0.189. The molecule has 32 heavy (non-hydrogen) atoms. The van der Waals surface area contributed by atoms with Crippen LogP contribution in [0.3, 0.4) is 0 Å². The minimum absolute atomic E-state index is 0.147. The molecule has 170 valence electrons. The fourth-order valence-electron chi connectivity index (χ4n) is 4.09. The van der Waals surface area contributed by atoms with Gasteiger partial charge in [0.15, 0.2) is 0 Å². The van der Waals surface area contributed by atoms with E-state index >= 15 is 0 Å². The van der Waals surface area contributed by atoms with Crippen LogP contribution < -0.4 is 9.62 Å². The molecule has 1 fully saturated rings. The normalized spacial score (nSPS) is 17.2. The van der Waals surface area contributed by atoms with Crippen LogP contribution in [0.15, 0.2) is 46.9 Å². The topological polar surface area (TPSA) is 102 Å². The first-order chi connectivity index (χ1) is 15.3. The second-order valence-electron chi connectivity index (χ2n) is 8.11. The molecule has 0 spiro atoms. The summed E-state index contributed by atoms with van der Waals surface area (Å²) in [7, 11) is -3.35. The summed E-state index contributed by atoms with van der Waals surface area (Å²) in [6.45, 7) is 2.01. The van der Waals surface area contributed by atoms with Crippen molar-refractivity contribution >= 4 is 48.5 Å². The van der Waals surface area contributed by atoms with Gasteiger partial charge in [-0.1, -0.05) is 22.4 Å². The maximum Gasteiger partial charge on any atom is 0.251 e. The number of hydrogen-bond donors (Lipinski definition) is 3. The van der Waals surface area contributed by atoms with Crippen LogP contribution in [0, 0.1) is 6.92 Å². The molecule has 2 aromatic carbocycles. The number of carbonyl (C=O) groups is 1. The number of aromatic nitrogens is 1. The van der Waals surface area contributed by atoms with E-state index < -0.39 is 16.1 Å². The van der Waals surface area contributed by atoms with Gasteiger partial charge in [-0.15, -0.1) is 0 Å². The lowest BCUT2D eigenvalue weighted by Crippen LogP contribution is -2.33. The third-order valence-electron chi connectivity index (χ3n) is 5.79. The lowest BCUT2D eigenvalue weighted by atomic mass is 10.1. The zero-order valence-electron chi connectivity index (χ0n) is 17.8. The Morgan fingerprint density at radius 1 is 1.19 bits per heavy atom. The van der Waals surface area contributed by atoms with Gasteiger partial charge in [0.2, 0.25) is 10.0 Å². The van der Waals surface area contributed by atoms with Crippen LogP contribution in [0.5, 0.6) is 0 Å². The smallest absolute Gasteiger partial charge is 0.251 e. The van der Waals surface area contributed by atoms with E-state index in [1.165, 1.54) is 4.31 Å². The molecule has 1 aliphatic heterocycles. The number of aromatic amines is 1. The number of rotatable bonds is 5. The van der Waals surface area contributed by atoms with Gasteiger partial charge in [-0.05, 0) is 67.8 Å². The Morgan fingerprint density at radius 3 is 2.75 bits per heavy atom. The van der Waals surface area contributed by atoms with Crippen LogP contribution in [0.2, 0.25) is 0 Å². The molecule has 1 amide bonds. The van der Waals surface area contributed by atoms with E-state index in [9.17, 15) is 18.3 Å². The maximum absolute atomic E-state index is 12.9. The summed E-state index contributed by atoms with van der Waals surface area (Å²) in [5, 5.41) is 13.7. The average molecular weight is 520 g/mol. The van der Waals surface area contributed by atoms with E-state index in [1.54, 1.807) is 18.2 Å². The Hall–Kier alpha value is -2.36. The van der Waals surface area contributed by atoms with Crippen LogP contribution in [-0.2, 0) is 10.0 Å². The van der Waals surface area contributed by atoms with Crippen LogP contribution in [-0.4, -0.2) is 43.3 Å². The van der Waals surface area contributed by atoms with Gasteiger partial charge in [0.05, 0.1) is 24.1 Å². The van der Waals surface area contributed by atoms with Crippen molar-refractivity contribution in [2.45, 2.75) is 32.2 Å². The molecule has 9 heteroatoms. The third-order valence-corrected chi connectivity index (χ3v) is 8.14. The van der Waals surface area contributed by atoms with Crippen molar-refractivity contribution in [2.75, 3.05) is 23.2 Å². The number of aliphatic hydroxyl groups is 1. The zero-order valence-corrected chi connectivity index (χ0v) is 20.2. The molecule has 0 aliphatic carbocycles. The molecule has 0 bridgehead atoms. The number of benzene rings is 2. The summed E-state index contributed by atoms with van der Waals surface area (Å²) in [5.41, 5.74) is 3.37. The minimum atomic E-state index is -3.35. The Kier molecular flexibility index (Phi) is 6.60. The Balaban J connectivity index is 1.55. The molecule has 1 aliphatic rings. The first kappa shape index (κ1) is 22.8. The molecular weight excluding hydrogens is 494 g/mol. The lowest BCUT2D eigenvalue weighted by Gasteiger charge is -2.24. The number of hydrogen-bond acceptors (Lipinski definition) is 4. The van der Waals surface area contributed by atoms with Crippen LogP contribution >= 0.6 is 15.9 Å². The molecule has 1 aromatic heterocycles. The van der Waals surface area contributed by atoms with E-state index in [-0.39, 0.29) is 18.3 Å². The van der Waals surface area contributed by atoms with Crippen molar-refractivity contribution < 1.29 is 18.3 Å². The highest BCUT2D eigenvalue weighted by Gasteiger charge is 2.26. The largest absolute Gasteiger partial charge is 0.394 e. The van der Waals surface area contributed by atoms with Gasteiger partial charge >= 0.3 is 0 Å². The van der Waals surface area contributed by atoms with Gasteiger partial charge in [-0.3, -0.25) is 9.10 Å². The molecule has 1 saturated heterocycles. The van der Waals surface area contributed by atoms with Crippen molar-refractivity contribution in [3.05, 3.63) is 63.8 Å². The number of H-pyrrole nitrogens is 1. The number of sulfonamides is 1. The number of amides is 1. The quantitative estimate of drug-likeness (QED) is 0.473. The Morgan fingerprint density at radius 2 is 2.00 bits per heavy atom. The second kappa shape index (κ2) is 9.25. The van der Waals surface area contributed by atoms with Gasteiger partial charge in [0, 0.05) is 33.2 Å². The zero-order chi connectivity index (χ0) is 22.9. The third kappa shape index (κ3) is 4.69. The summed E-state index contributed by atoms with van der Waals surface area (Å²) < 4.78 is 27.7. The van der Waals surface area contributed by atoms with Gasteiger partial charge in [-0.2, -0.15) is 0 Å². The molecule has 3 N–H and O–H groups in total. The summed E-state index contributed by atoms with van der Waals surface area (Å²) >= 11 is 3.45. The van der Waals surface area contributed by atoms with Gasteiger partial charge in [0.25, 0.3) is 5.91 Å². The Labute approximate surface area is 196 Å². The highest BCUT2D eigenvalue weighted by Crippen LogP contribution is 2.28. The maximum atomic E-state index is 12.9. The molecular formula is C23H26BrN3O4S. The van der Waals surface area contributed by atoms with Crippen molar-refractivity contribution in [3.63, 3.8) is 0 Å². The van der Waals surface area contributed by atoms with Gasteiger partial charge in [0.1, 0.15) is 0 Å². The molecule has 0 radical (unpaired) electrons. The number of aliphatic hydroxyl groups excluding tert-OH is 1. The number of aryl methyl sites for hydroxylation is 1. The average Bonchev–Trinajstić information content (AvgIpc) is 3.08. The molecule has 3 aromatic rings. The molecule has 7 nitrogen and oxygen atoms in total. The van der Waals surface area contributed by atoms with E-state index in [4.69, 9.17) is 0 Å². The molecule has 4 rings (SSSR count). The SMILES string of the molecule is Cc1cc(C(=O)NC(CO)c2cc3cc(Br)ccc3[nH]2)ccc1N1CCCCCS1(=O)=O. The molecule has 0 saturated carbocycles. The summed E-state index contributed by atoms with van der Waals surface area (Å²) in [6.07, 6.45) is 2.38. The number of nitrogens with zero attached hydrogens (tertiary/aromatic N) is 1. The Bertz CT molecular complexity index is 1260. The monoisotopic (exact) mass is 519 g/mol.